The van der Waals surface area contributed by atoms with Gasteiger partial charge in [0.1, 0.15) is 6.04 Å². The van der Waals surface area contributed by atoms with Crippen LogP contribution in [0.1, 0.15) is 15.9 Å². The molecule has 2 nitrogen and oxygen atoms in total. The topological polar surface area (TPSA) is 38.9 Å². The highest BCUT2D eigenvalue weighted by molar-refractivity contribution is 7.11. The average Bonchev–Trinajstić information content (AvgIpc) is 2.49. The summed E-state index contributed by atoms with van der Waals surface area (Å²) in [6.07, 6.45) is -6.77. The maximum Gasteiger partial charge on any atom is 0.443 e. The summed E-state index contributed by atoms with van der Waals surface area (Å²) in [4.78, 5) is 2.70. The van der Waals surface area contributed by atoms with E-state index in [0.717, 1.165) is 6.20 Å². The number of hydrogen-bond donors (Lipinski definition) is 1. The first-order valence-electron chi connectivity index (χ1n) is 3.39. The largest absolute Gasteiger partial charge is 0.443 e. The fourth-order valence-corrected chi connectivity index (χ4v) is 1.48. The van der Waals surface area contributed by atoms with E-state index in [1.807, 2.05) is 0 Å². The first-order chi connectivity index (χ1) is 6.32. The number of aromatic nitrogens is 1. The lowest BCUT2D eigenvalue weighted by molar-refractivity contribution is -0.137. The predicted molar refractivity (Wildman–Crippen MR) is 40.0 cm³/mol. The van der Waals surface area contributed by atoms with Gasteiger partial charge in [-0.2, -0.15) is 13.2 Å². The molecule has 0 fully saturated rings. The van der Waals surface area contributed by atoms with Gasteiger partial charge in [-0.25, -0.2) is 13.8 Å². The number of thiazole rings is 1. The molecule has 1 rings (SSSR count). The normalized spacial score (nSPS) is 14.8. The van der Waals surface area contributed by atoms with Crippen LogP contribution >= 0.6 is 11.3 Å². The van der Waals surface area contributed by atoms with E-state index >= 15 is 0 Å². The van der Waals surface area contributed by atoms with Crippen molar-refractivity contribution in [1.82, 2.24) is 4.98 Å². The van der Waals surface area contributed by atoms with Crippen LogP contribution in [0.4, 0.5) is 22.0 Å². The van der Waals surface area contributed by atoms with Gasteiger partial charge >= 0.3 is 6.18 Å². The maximum absolute atomic E-state index is 12.0. The monoisotopic (exact) mass is 232 g/mol. The van der Waals surface area contributed by atoms with Crippen molar-refractivity contribution in [3.05, 3.63) is 16.1 Å². The summed E-state index contributed by atoms with van der Waals surface area (Å²) < 4.78 is 59.9. The van der Waals surface area contributed by atoms with Crippen LogP contribution in [0.3, 0.4) is 0 Å². The minimum absolute atomic E-state index is 0.135. The molecule has 0 amide bonds. The van der Waals surface area contributed by atoms with Gasteiger partial charge in [-0.15, -0.1) is 11.3 Å². The highest BCUT2D eigenvalue weighted by Gasteiger charge is 2.35. The Bertz CT molecular complexity index is 307. The van der Waals surface area contributed by atoms with Crippen LogP contribution < -0.4 is 5.73 Å². The van der Waals surface area contributed by atoms with Crippen LogP contribution in [0.25, 0.3) is 0 Å². The molecule has 0 aromatic carbocycles. The van der Waals surface area contributed by atoms with Gasteiger partial charge in [0.05, 0.1) is 0 Å². The summed E-state index contributed by atoms with van der Waals surface area (Å²) in [7, 11) is 0. The van der Waals surface area contributed by atoms with Gasteiger partial charge in [-0.05, 0) is 0 Å². The molecule has 0 spiro atoms. The van der Waals surface area contributed by atoms with Crippen molar-refractivity contribution in [2.24, 2.45) is 5.73 Å². The zero-order valence-corrected chi connectivity index (χ0v) is 7.37. The molecule has 1 aromatic heterocycles. The van der Waals surface area contributed by atoms with Gasteiger partial charge in [0.15, 0.2) is 5.01 Å². The number of halogens is 5. The zero-order chi connectivity index (χ0) is 10.9. The van der Waals surface area contributed by atoms with Gasteiger partial charge in [0.2, 0.25) is 0 Å². The Morgan fingerprint density at radius 1 is 1.36 bits per heavy atom. The zero-order valence-electron chi connectivity index (χ0n) is 6.55. The smallest absolute Gasteiger partial charge is 0.319 e. The lowest BCUT2D eigenvalue weighted by Gasteiger charge is -2.05. The van der Waals surface area contributed by atoms with Crippen LogP contribution in [0.15, 0.2) is 6.20 Å². The highest BCUT2D eigenvalue weighted by atomic mass is 32.1. The molecule has 1 atom stereocenters. The first-order valence-corrected chi connectivity index (χ1v) is 4.20. The fourth-order valence-electron chi connectivity index (χ4n) is 0.696. The fraction of sp³-hybridized carbons (Fsp3) is 0.500. The molecule has 0 aliphatic rings. The first kappa shape index (κ1) is 11.3. The Labute approximate surface area is 79.6 Å². The Hall–Kier alpha value is -0.760. The Morgan fingerprint density at radius 3 is 2.29 bits per heavy atom. The molecule has 0 saturated heterocycles. The standard InChI is InChI=1S/C6H5F5N2S/c7-4(8)3(12)2-1-13-5(14-2)6(9,10)11/h1,3-4H,12H2. The minimum Gasteiger partial charge on any atom is -0.319 e. The maximum atomic E-state index is 12.0. The molecular weight excluding hydrogens is 227 g/mol. The molecule has 80 valence electrons. The second kappa shape index (κ2) is 3.77. The molecule has 0 aliphatic carbocycles. The molecule has 8 heteroatoms. The molecule has 0 aliphatic heterocycles. The average molecular weight is 232 g/mol. The third kappa shape index (κ3) is 2.38. The van der Waals surface area contributed by atoms with E-state index < -0.39 is 23.7 Å². The van der Waals surface area contributed by atoms with Crippen molar-refractivity contribution in [1.29, 1.82) is 0 Å². The summed E-state index contributed by atoms with van der Waals surface area (Å²) >= 11 is 0.135. The molecule has 1 unspecified atom stereocenters. The number of nitrogens with two attached hydrogens (primary N) is 1. The van der Waals surface area contributed by atoms with E-state index in [1.165, 1.54) is 0 Å². The van der Waals surface area contributed by atoms with Gasteiger partial charge < -0.3 is 5.73 Å². The van der Waals surface area contributed by atoms with Crippen molar-refractivity contribution in [2.45, 2.75) is 18.6 Å². The summed E-state index contributed by atoms with van der Waals surface area (Å²) in [5, 5.41) is -1.16. The van der Waals surface area contributed by atoms with Crippen LogP contribution in [-0.4, -0.2) is 11.4 Å². The minimum atomic E-state index is -4.61. The van der Waals surface area contributed by atoms with E-state index in [2.05, 4.69) is 4.98 Å². The molecular formula is C6H5F5N2S. The van der Waals surface area contributed by atoms with Crippen molar-refractivity contribution >= 4 is 11.3 Å². The van der Waals surface area contributed by atoms with Gasteiger partial charge in [0, 0.05) is 11.1 Å². The van der Waals surface area contributed by atoms with Crippen molar-refractivity contribution < 1.29 is 22.0 Å². The van der Waals surface area contributed by atoms with E-state index in [-0.39, 0.29) is 16.2 Å². The van der Waals surface area contributed by atoms with Crippen LogP contribution in [-0.2, 0) is 6.18 Å². The number of hydrogen-bond acceptors (Lipinski definition) is 3. The number of rotatable bonds is 2. The van der Waals surface area contributed by atoms with Crippen molar-refractivity contribution in [2.75, 3.05) is 0 Å². The second-order valence-corrected chi connectivity index (χ2v) is 3.49. The van der Waals surface area contributed by atoms with E-state index in [0.29, 0.717) is 0 Å². The molecule has 14 heavy (non-hydrogen) atoms. The summed E-state index contributed by atoms with van der Waals surface area (Å²) in [5.41, 5.74) is 4.95. The molecule has 1 heterocycles. The Kier molecular flexibility index (Phi) is 3.05. The third-order valence-electron chi connectivity index (χ3n) is 1.37. The molecule has 0 bridgehead atoms. The summed E-state index contributed by atoms with van der Waals surface area (Å²) in [6.45, 7) is 0. The van der Waals surface area contributed by atoms with E-state index in [9.17, 15) is 22.0 Å². The SMILES string of the molecule is NC(c1cnc(C(F)(F)F)s1)C(F)F. The van der Waals surface area contributed by atoms with Crippen molar-refractivity contribution in [3.63, 3.8) is 0 Å². The van der Waals surface area contributed by atoms with E-state index in [4.69, 9.17) is 5.73 Å². The predicted octanol–water partition coefficient (Wildman–Crippen LogP) is 2.43. The van der Waals surface area contributed by atoms with Gasteiger partial charge in [-0.3, -0.25) is 0 Å². The molecule has 2 N–H and O–H groups in total. The lowest BCUT2D eigenvalue weighted by atomic mass is 10.3. The van der Waals surface area contributed by atoms with Crippen LogP contribution in [0.2, 0.25) is 0 Å². The van der Waals surface area contributed by atoms with Gasteiger partial charge in [-0.1, -0.05) is 0 Å². The van der Waals surface area contributed by atoms with Crippen LogP contribution in [0.5, 0.6) is 0 Å². The van der Waals surface area contributed by atoms with Crippen molar-refractivity contribution in [3.8, 4) is 0 Å². The van der Waals surface area contributed by atoms with Crippen LogP contribution in [0, 0.1) is 0 Å². The number of nitrogens with zero attached hydrogens (tertiary/aromatic N) is 1. The molecule has 0 saturated carbocycles. The quantitative estimate of drug-likeness (QED) is 0.795. The summed E-state index contributed by atoms with van der Waals surface area (Å²) in [5.74, 6) is 0. The van der Waals surface area contributed by atoms with E-state index in [1.54, 1.807) is 0 Å². The Morgan fingerprint density at radius 2 is 1.93 bits per heavy atom. The highest BCUT2D eigenvalue weighted by Crippen LogP contribution is 2.34. The van der Waals surface area contributed by atoms with Gasteiger partial charge in [0.25, 0.3) is 6.43 Å². The molecule has 1 aromatic rings. The molecule has 0 radical (unpaired) electrons. The lowest BCUT2D eigenvalue weighted by Crippen LogP contribution is -2.17. The Balaban J connectivity index is 2.89. The second-order valence-electron chi connectivity index (χ2n) is 2.43. The summed E-state index contributed by atoms with van der Waals surface area (Å²) in [6, 6.07) is -1.71. The third-order valence-corrected chi connectivity index (χ3v) is 2.51. The number of alkyl halides is 5.